The number of hydrazine groups is 1. The molecule has 18 heavy (non-hydrogen) atoms. The Morgan fingerprint density at radius 3 is 2.72 bits per heavy atom. The number of hydrogen-bond donors (Lipinski definition) is 3. The summed E-state index contributed by atoms with van der Waals surface area (Å²) in [5, 5.41) is 3.15. The lowest BCUT2D eigenvalue weighted by atomic mass is 10.2. The van der Waals surface area contributed by atoms with Gasteiger partial charge in [-0.05, 0) is 13.3 Å². The maximum atomic E-state index is 12.0. The van der Waals surface area contributed by atoms with Gasteiger partial charge in [-0.2, -0.15) is 0 Å². The van der Waals surface area contributed by atoms with E-state index in [0.717, 1.165) is 6.42 Å². The topological polar surface area (TPSA) is 66.0 Å². The SMILES string of the molecule is CC1CC(NC(=O)c2ncc(Cl)c(Cl)c2Cl)NN1. The molecule has 1 fully saturated rings. The van der Waals surface area contributed by atoms with Gasteiger partial charge in [0.1, 0.15) is 5.69 Å². The monoisotopic (exact) mass is 308 g/mol. The van der Waals surface area contributed by atoms with Crippen LogP contribution in [-0.4, -0.2) is 23.1 Å². The average Bonchev–Trinajstić information content (AvgIpc) is 2.71. The Hall–Kier alpha value is -0.590. The summed E-state index contributed by atoms with van der Waals surface area (Å²) in [4.78, 5) is 15.9. The Morgan fingerprint density at radius 1 is 1.39 bits per heavy atom. The lowest BCUT2D eigenvalue weighted by Gasteiger charge is -2.12. The highest BCUT2D eigenvalue weighted by molar-refractivity contribution is 6.48. The van der Waals surface area contributed by atoms with Crippen LogP contribution in [0.1, 0.15) is 23.8 Å². The van der Waals surface area contributed by atoms with Crippen molar-refractivity contribution >= 4 is 40.7 Å². The number of carbonyl (C=O) groups excluding carboxylic acids is 1. The van der Waals surface area contributed by atoms with Crippen molar-refractivity contribution in [2.45, 2.75) is 25.6 Å². The highest BCUT2D eigenvalue weighted by Gasteiger charge is 2.24. The number of nitrogens with zero attached hydrogens (tertiary/aromatic N) is 1. The molecule has 2 unspecified atom stereocenters. The molecule has 5 nitrogen and oxygen atoms in total. The van der Waals surface area contributed by atoms with Gasteiger partial charge in [-0.1, -0.05) is 34.8 Å². The third-order valence-electron chi connectivity index (χ3n) is 2.53. The van der Waals surface area contributed by atoms with Crippen molar-refractivity contribution in [1.82, 2.24) is 21.2 Å². The van der Waals surface area contributed by atoms with E-state index in [1.165, 1.54) is 6.20 Å². The molecule has 3 N–H and O–H groups in total. The number of pyridine rings is 1. The zero-order valence-corrected chi connectivity index (χ0v) is 11.7. The van der Waals surface area contributed by atoms with Crippen molar-refractivity contribution in [3.05, 3.63) is 27.0 Å². The number of amides is 1. The minimum Gasteiger partial charge on any atom is -0.334 e. The van der Waals surface area contributed by atoms with E-state index in [1.807, 2.05) is 6.92 Å². The molecule has 1 aromatic rings. The summed E-state index contributed by atoms with van der Waals surface area (Å²) >= 11 is 17.5. The number of carbonyl (C=O) groups is 1. The normalized spacial score (nSPS) is 23.1. The first kappa shape index (κ1) is 13.8. The Kier molecular flexibility index (Phi) is 4.29. The predicted octanol–water partition coefficient (Wildman–Crippen LogP) is 1.98. The number of rotatable bonds is 2. The average molecular weight is 310 g/mol. The van der Waals surface area contributed by atoms with E-state index in [0.29, 0.717) is 0 Å². The second-order valence-corrected chi connectivity index (χ2v) is 5.20. The fourth-order valence-corrected chi connectivity index (χ4v) is 2.20. The molecule has 0 aliphatic carbocycles. The smallest absolute Gasteiger partial charge is 0.272 e. The van der Waals surface area contributed by atoms with Gasteiger partial charge in [0.25, 0.3) is 5.91 Å². The number of aromatic nitrogens is 1. The number of halogens is 3. The first-order valence-electron chi connectivity index (χ1n) is 5.30. The van der Waals surface area contributed by atoms with E-state index >= 15 is 0 Å². The van der Waals surface area contributed by atoms with Crippen LogP contribution in [0.15, 0.2) is 6.20 Å². The molecule has 2 atom stereocenters. The van der Waals surface area contributed by atoms with Crippen molar-refractivity contribution in [1.29, 1.82) is 0 Å². The lowest BCUT2D eigenvalue weighted by molar-refractivity contribution is 0.0927. The molecule has 1 aliphatic rings. The Bertz CT molecular complexity index is 482. The van der Waals surface area contributed by atoms with Crippen molar-refractivity contribution in [3.63, 3.8) is 0 Å². The van der Waals surface area contributed by atoms with Gasteiger partial charge in [-0.25, -0.2) is 10.4 Å². The summed E-state index contributed by atoms with van der Waals surface area (Å²) in [7, 11) is 0. The fraction of sp³-hybridized carbons (Fsp3) is 0.400. The molecule has 0 bridgehead atoms. The molecule has 2 heterocycles. The number of hydrogen-bond acceptors (Lipinski definition) is 4. The molecule has 1 saturated heterocycles. The molecule has 8 heteroatoms. The maximum absolute atomic E-state index is 12.0. The van der Waals surface area contributed by atoms with Crippen LogP contribution < -0.4 is 16.2 Å². The standard InChI is InChI=1S/C10H11Cl3N4O/c1-4-2-6(17-16-4)15-10(18)9-8(13)7(12)5(11)3-14-9/h3-4,6,16-17H,2H2,1H3,(H,15,18). The summed E-state index contributed by atoms with van der Waals surface area (Å²) < 4.78 is 0. The van der Waals surface area contributed by atoms with Gasteiger partial charge in [-0.3, -0.25) is 10.2 Å². The van der Waals surface area contributed by atoms with Gasteiger partial charge in [0.15, 0.2) is 0 Å². The molecule has 0 aromatic carbocycles. The van der Waals surface area contributed by atoms with E-state index < -0.39 is 5.91 Å². The highest BCUT2D eigenvalue weighted by Crippen LogP contribution is 2.31. The third-order valence-corrected chi connectivity index (χ3v) is 3.77. The zero-order valence-electron chi connectivity index (χ0n) is 9.43. The van der Waals surface area contributed by atoms with Crippen molar-refractivity contribution in [2.75, 3.05) is 0 Å². The molecule has 1 aliphatic heterocycles. The summed E-state index contributed by atoms with van der Waals surface area (Å²) in [6.07, 6.45) is 1.90. The molecule has 0 radical (unpaired) electrons. The minimum atomic E-state index is -0.396. The highest BCUT2D eigenvalue weighted by atomic mass is 35.5. The van der Waals surface area contributed by atoms with E-state index in [2.05, 4.69) is 21.2 Å². The van der Waals surface area contributed by atoms with Crippen LogP contribution in [0.3, 0.4) is 0 Å². The van der Waals surface area contributed by atoms with Crippen LogP contribution in [0.2, 0.25) is 15.1 Å². The Labute approximate surface area is 119 Å². The van der Waals surface area contributed by atoms with Crippen LogP contribution >= 0.6 is 34.8 Å². The van der Waals surface area contributed by atoms with Crippen LogP contribution in [0.5, 0.6) is 0 Å². The minimum absolute atomic E-state index is 0.0562. The van der Waals surface area contributed by atoms with E-state index in [4.69, 9.17) is 34.8 Å². The second kappa shape index (κ2) is 5.59. The molecule has 2 rings (SSSR count). The van der Waals surface area contributed by atoms with Crippen LogP contribution in [-0.2, 0) is 0 Å². The van der Waals surface area contributed by atoms with Crippen molar-refractivity contribution in [2.24, 2.45) is 0 Å². The van der Waals surface area contributed by atoms with E-state index in [1.54, 1.807) is 0 Å². The predicted molar refractivity (Wildman–Crippen MR) is 70.9 cm³/mol. The zero-order chi connectivity index (χ0) is 13.3. The van der Waals surface area contributed by atoms with Crippen molar-refractivity contribution < 1.29 is 4.79 Å². The first-order valence-corrected chi connectivity index (χ1v) is 6.44. The van der Waals surface area contributed by atoms with Gasteiger partial charge in [0.05, 0.1) is 21.2 Å². The Balaban J connectivity index is 2.12. The third kappa shape index (κ3) is 2.87. The fourth-order valence-electron chi connectivity index (χ4n) is 1.64. The van der Waals surface area contributed by atoms with Gasteiger partial charge < -0.3 is 5.32 Å². The summed E-state index contributed by atoms with van der Waals surface area (Å²) in [6, 6.07) is 0.285. The molecule has 0 spiro atoms. The molecule has 98 valence electrons. The molecule has 1 aromatic heterocycles. The van der Waals surface area contributed by atoms with Gasteiger partial charge in [0, 0.05) is 12.2 Å². The van der Waals surface area contributed by atoms with Crippen molar-refractivity contribution in [3.8, 4) is 0 Å². The molecular weight excluding hydrogens is 298 g/mol. The molecular formula is C10H11Cl3N4O. The summed E-state index contributed by atoms with van der Waals surface area (Å²) in [5.41, 5.74) is 6.00. The lowest BCUT2D eigenvalue weighted by Crippen LogP contribution is -2.44. The number of nitrogens with one attached hydrogen (secondary N) is 3. The summed E-state index contributed by atoms with van der Waals surface area (Å²) in [5.74, 6) is -0.396. The molecule has 1 amide bonds. The van der Waals surface area contributed by atoms with Gasteiger partial charge in [-0.15, -0.1) is 0 Å². The Morgan fingerprint density at radius 2 is 2.11 bits per heavy atom. The van der Waals surface area contributed by atoms with Gasteiger partial charge >= 0.3 is 0 Å². The van der Waals surface area contributed by atoms with E-state index in [-0.39, 0.29) is 33.0 Å². The summed E-state index contributed by atoms with van der Waals surface area (Å²) in [6.45, 7) is 2.00. The first-order chi connectivity index (χ1) is 8.49. The largest absolute Gasteiger partial charge is 0.334 e. The van der Waals surface area contributed by atoms with E-state index in [9.17, 15) is 4.79 Å². The second-order valence-electron chi connectivity index (χ2n) is 4.03. The van der Waals surface area contributed by atoms with Gasteiger partial charge in [0.2, 0.25) is 0 Å². The van der Waals surface area contributed by atoms with Crippen LogP contribution in [0, 0.1) is 0 Å². The van der Waals surface area contributed by atoms with Crippen LogP contribution in [0.4, 0.5) is 0 Å². The van der Waals surface area contributed by atoms with Crippen LogP contribution in [0.25, 0.3) is 0 Å². The quantitative estimate of drug-likeness (QED) is 0.781. The maximum Gasteiger partial charge on any atom is 0.272 e. The molecule has 0 saturated carbocycles.